The number of pyridine rings is 1. The molecule has 1 N–H and O–H groups in total. The molecular weight excluding hydrogens is 372 g/mol. The fourth-order valence-corrected chi connectivity index (χ4v) is 3.67. The van der Waals surface area contributed by atoms with Gasteiger partial charge in [-0.05, 0) is 49.9 Å². The average Bonchev–Trinajstić information content (AvgIpc) is 2.73. The molecule has 2 aromatic rings. The minimum atomic E-state index is 0.0158. The minimum Gasteiger partial charge on any atom is -0.494 e. The monoisotopic (exact) mass is 400 g/mol. The topological polar surface area (TPSA) is 57.7 Å². The van der Waals surface area contributed by atoms with Crippen molar-refractivity contribution >= 4 is 23.5 Å². The van der Waals surface area contributed by atoms with Crippen molar-refractivity contribution < 1.29 is 9.53 Å². The van der Waals surface area contributed by atoms with Crippen LogP contribution in [0.3, 0.4) is 0 Å². The number of rotatable bonds is 8. The first kappa shape index (κ1) is 20.5. The van der Waals surface area contributed by atoms with Gasteiger partial charge in [0.15, 0.2) is 0 Å². The van der Waals surface area contributed by atoms with Gasteiger partial charge in [-0.15, -0.1) is 11.8 Å². The lowest BCUT2D eigenvalue weighted by Gasteiger charge is -2.33. The number of carbonyl (C=O) groups is 1. The summed E-state index contributed by atoms with van der Waals surface area (Å²) in [5, 5.41) is 2.96. The summed E-state index contributed by atoms with van der Waals surface area (Å²) in [6.45, 7) is 7.24. The molecule has 7 heteroatoms. The number of aromatic nitrogens is 1. The van der Waals surface area contributed by atoms with Crippen molar-refractivity contribution in [2.45, 2.75) is 18.4 Å². The largest absolute Gasteiger partial charge is 0.494 e. The molecule has 2 heterocycles. The summed E-state index contributed by atoms with van der Waals surface area (Å²) in [6, 6.07) is 11.9. The first-order valence-electron chi connectivity index (χ1n) is 9.65. The molecule has 0 aliphatic carbocycles. The number of anilines is 1. The number of thioether (sulfide) groups is 1. The second-order valence-corrected chi connectivity index (χ2v) is 7.83. The van der Waals surface area contributed by atoms with Crippen molar-refractivity contribution in [3.63, 3.8) is 0 Å². The Morgan fingerprint density at radius 1 is 1.14 bits per heavy atom. The smallest absolute Gasteiger partial charge is 0.230 e. The van der Waals surface area contributed by atoms with Crippen LogP contribution in [0, 0.1) is 0 Å². The molecule has 28 heavy (non-hydrogen) atoms. The van der Waals surface area contributed by atoms with Crippen molar-refractivity contribution in [1.82, 2.24) is 15.2 Å². The third-order valence-electron chi connectivity index (χ3n) is 4.63. The van der Waals surface area contributed by atoms with Gasteiger partial charge in [0.05, 0.1) is 12.4 Å². The molecule has 1 aliphatic heterocycles. The summed E-state index contributed by atoms with van der Waals surface area (Å²) in [4.78, 5) is 22.4. The number of nitrogens with one attached hydrogen (secondary N) is 1. The third-order valence-corrected chi connectivity index (χ3v) is 5.64. The molecule has 0 saturated carbocycles. The number of hydrogen-bond donors (Lipinski definition) is 1. The van der Waals surface area contributed by atoms with E-state index in [1.165, 1.54) is 11.8 Å². The molecule has 3 rings (SSSR count). The van der Waals surface area contributed by atoms with E-state index in [0.717, 1.165) is 48.2 Å². The third kappa shape index (κ3) is 6.14. The van der Waals surface area contributed by atoms with Gasteiger partial charge in [-0.2, -0.15) is 0 Å². The molecule has 1 saturated heterocycles. The SMILES string of the molecule is CCOc1ccc(SCC(=O)NCc2ccc(N3CCN(C)CC3)nc2)cc1. The Kier molecular flexibility index (Phi) is 7.56. The van der Waals surface area contributed by atoms with Gasteiger partial charge in [-0.1, -0.05) is 6.07 Å². The normalized spacial score (nSPS) is 14.7. The summed E-state index contributed by atoms with van der Waals surface area (Å²) in [5.74, 6) is 2.26. The number of likely N-dealkylation sites (N-methyl/N-ethyl adjacent to an activating group) is 1. The van der Waals surface area contributed by atoms with Crippen molar-refractivity contribution in [2.75, 3.05) is 50.5 Å². The first-order valence-corrected chi connectivity index (χ1v) is 10.6. The average molecular weight is 401 g/mol. The molecule has 0 atom stereocenters. The minimum absolute atomic E-state index is 0.0158. The van der Waals surface area contributed by atoms with E-state index in [4.69, 9.17) is 4.74 Å². The van der Waals surface area contributed by atoms with Crippen LogP contribution in [0.2, 0.25) is 0 Å². The molecule has 6 nitrogen and oxygen atoms in total. The van der Waals surface area contributed by atoms with Crippen LogP contribution in [-0.2, 0) is 11.3 Å². The highest BCUT2D eigenvalue weighted by Gasteiger charge is 2.15. The van der Waals surface area contributed by atoms with Crippen molar-refractivity contribution in [2.24, 2.45) is 0 Å². The highest BCUT2D eigenvalue weighted by Crippen LogP contribution is 2.21. The Morgan fingerprint density at radius 2 is 1.89 bits per heavy atom. The van der Waals surface area contributed by atoms with E-state index in [-0.39, 0.29) is 5.91 Å². The van der Waals surface area contributed by atoms with Crippen LogP contribution in [0.25, 0.3) is 0 Å². The van der Waals surface area contributed by atoms with E-state index in [2.05, 4.69) is 27.1 Å². The molecule has 150 valence electrons. The fraction of sp³-hybridized carbons (Fsp3) is 0.429. The fourth-order valence-electron chi connectivity index (χ4n) is 2.94. The zero-order valence-electron chi connectivity index (χ0n) is 16.6. The van der Waals surface area contributed by atoms with Gasteiger partial charge in [0.2, 0.25) is 5.91 Å². The predicted octanol–water partition coefficient (Wildman–Crippen LogP) is 2.64. The molecule has 1 aromatic heterocycles. The van der Waals surface area contributed by atoms with Gasteiger partial charge in [-0.25, -0.2) is 4.98 Å². The predicted molar refractivity (Wildman–Crippen MR) is 114 cm³/mol. The van der Waals surface area contributed by atoms with E-state index in [1.807, 2.05) is 49.5 Å². The maximum Gasteiger partial charge on any atom is 0.230 e. The molecule has 0 bridgehead atoms. The van der Waals surface area contributed by atoms with Crippen LogP contribution in [0.4, 0.5) is 5.82 Å². The van der Waals surface area contributed by atoms with Crippen molar-refractivity contribution in [3.05, 3.63) is 48.2 Å². The summed E-state index contributed by atoms with van der Waals surface area (Å²) in [6.07, 6.45) is 1.85. The van der Waals surface area contributed by atoms with Crippen LogP contribution in [-0.4, -0.2) is 61.4 Å². The second-order valence-electron chi connectivity index (χ2n) is 6.78. The molecule has 0 radical (unpaired) electrons. The zero-order chi connectivity index (χ0) is 19.8. The molecule has 1 aromatic carbocycles. The van der Waals surface area contributed by atoms with Crippen molar-refractivity contribution in [1.29, 1.82) is 0 Å². The molecular formula is C21H28N4O2S. The number of benzene rings is 1. The van der Waals surface area contributed by atoms with E-state index in [1.54, 1.807) is 0 Å². The molecule has 0 spiro atoms. The number of amides is 1. The molecule has 1 aliphatic rings. The Morgan fingerprint density at radius 3 is 2.54 bits per heavy atom. The van der Waals surface area contributed by atoms with Crippen LogP contribution in [0.5, 0.6) is 5.75 Å². The Hall–Kier alpha value is -2.25. The lowest BCUT2D eigenvalue weighted by Crippen LogP contribution is -2.44. The Balaban J connectivity index is 1.40. The number of nitrogens with zero attached hydrogens (tertiary/aromatic N) is 3. The van der Waals surface area contributed by atoms with Crippen LogP contribution >= 0.6 is 11.8 Å². The molecule has 0 unspecified atom stereocenters. The quantitative estimate of drug-likeness (QED) is 0.688. The van der Waals surface area contributed by atoms with E-state index < -0.39 is 0 Å². The van der Waals surface area contributed by atoms with Gasteiger partial charge >= 0.3 is 0 Å². The van der Waals surface area contributed by atoms with Crippen LogP contribution < -0.4 is 15.0 Å². The van der Waals surface area contributed by atoms with E-state index >= 15 is 0 Å². The van der Waals surface area contributed by atoms with Crippen molar-refractivity contribution in [3.8, 4) is 5.75 Å². The number of carbonyl (C=O) groups excluding carboxylic acids is 1. The van der Waals surface area contributed by atoms with E-state index in [0.29, 0.717) is 18.9 Å². The Bertz CT molecular complexity index is 744. The van der Waals surface area contributed by atoms with E-state index in [9.17, 15) is 4.79 Å². The highest BCUT2D eigenvalue weighted by molar-refractivity contribution is 8.00. The van der Waals surface area contributed by atoms with Gasteiger partial charge in [0, 0.05) is 43.8 Å². The van der Waals surface area contributed by atoms with Gasteiger partial charge in [-0.3, -0.25) is 4.79 Å². The maximum atomic E-state index is 12.1. The van der Waals surface area contributed by atoms with Gasteiger partial charge in [0.1, 0.15) is 11.6 Å². The standard InChI is InChI=1S/C21H28N4O2S/c1-3-27-18-5-7-19(8-6-18)28-16-21(26)23-15-17-4-9-20(22-14-17)25-12-10-24(2)11-13-25/h4-9,14H,3,10-13,15-16H2,1-2H3,(H,23,26). The first-order chi connectivity index (χ1) is 13.6. The lowest BCUT2D eigenvalue weighted by atomic mass is 10.2. The molecule has 1 fully saturated rings. The number of hydrogen-bond acceptors (Lipinski definition) is 6. The maximum absolute atomic E-state index is 12.1. The second kappa shape index (κ2) is 10.3. The zero-order valence-corrected chi connectivity index (χ0v) is 17.4. The summed E-state index contributed by atoms with van der Waals surface area (Å²) in [7, 11) is 2.14. The Labute approximate surface area is 171 Å². The van der Waals surface area contributed by atoms with Crippen LogP contribution in [0.1, 0.15) is 12.5 Å². The van der Waals surface area contributed by atoms with Gasteiger partial charge in [0.25, 0.3) is 0 Å². The highest BCUT2D eigenvalue weighted by atomic mass is 32.2. The van der Waals surface area contributed by atoms with Crippen LogP contribution in [0.15, 0.2) is 47.5 Å². The summed E-state index contributed by atoms with van der Waals surface area (Å²) < 4.78 is 5.43. The number of piperazine rings is 1. The summed E-state index contributed by atoms with van der Waals surface area (Å²) >= 11 is 1.52. The number of ether oxygens (including phenoxy) is 1. The summed E-state index contributed by atoms with van der Waals surface area (Å²) in [5.41, 5.74) is 1.01. The lowest BCUT2D eigenvalue weighted by molar-refractivity contribution is -0.118. The molecule has 1 amide bonds. The van der Waals surface area contributed by atoms with Gasteiger partial charge < -0.3 is 19.9 Å².